The molecule has 2 aromatic heterocycles. The quantitative estimate of drug-likeness (QED) is 0.799. The number of nitrogens with two attached hydrogens (primary N) is 1. The van der Waals surface area contributed by atoms with Gasteiger partial charge >= 0.3 is 0 Å². The molecule has 1 fully saturated rings. The first-order valence-corrected chi connectivity index (χ1v) is 5.62. The van der Waals surface area contributed by atoms with E-state index >= 15 is 0 Å². The molecule has 0 aromatic carbocycles. The first-order valence-electron chi connectivity index (χ1n) is 5.62. The Hall–Kier alpha value is -1.42. The molecule has 16 heavy (non-hydrogen) atoms. The summed E-state index contributed by atoms with van der Waals surface area (Å²) in [7, 11) is 0. The molecule has 0 radical (unpaired) electrons. The molecule has 0 atom stereocenters. The molecule has 0 saturated heterocycles. The van der Waals surface area contributed by atoms with Crippen LogP contribution in [0.2, 0.25) is 0 Å². The van der Waals surface area contributed by atoms with Crippen LogP contribution in [0.25, 0.3) is 5.52 Å². The molecule has 0 amide bonds. The molecule has 0 aliphatic heterocycles. The molecule has 0 bridgehead atoms. The summed E-state index contributed by atoms with van der Waals surface area (Å²) in [4.78, 5) is 4.31. The predicted molar refractivity (Wildman–Crippen MR) is 59.5 cm³/mol. The van der Waals surface area contributed by atoms with Crippen molar-refractivity contribution in [1.82, 2.24) is 9.38 Å². The lowest BCUT2D eigenvalue weighted by atomic mass is 9.98. The van der Waals surface area contributed by atoms with Crippen LogP contribution in [0.4, 0.5) is 4.39 Å². The van der Waals surface area contributed by atoms with E-state index in [0.29, 0.717) is 5.52 Å². The number of fused-ring (bicyclic) bond motifs is 1. The maximum Gasteiger partial charge on any atom is 0.148 e. The highest BCUT2D eigenvalue weighted by Crippen LogP contribution is 2.35. The molecule has 0 spiro atoms. The number of imidazole rings is 1. The van der Waals surface area contributed by atoms with Crippen LogP contribution >= 0.6 is 0 Å². The maximum absolute atomic E-state index is 13.5. The molecule has 0 unspecified atom stereocenters. The summed E-state index contributed by atoms with van der Waals surface area (Å²) in [5.74, 6) is 0.544. The van der Waals surface area contributed by atoms with E-state index in [1.54, 1.807) is 16.7 Å². The van der Waals surface area contributed by atoms with Gasteiger partial charge in [-0.15, -0.1) is 0 Å². The van der Waals surface area contributed by atoms with Crippen molar-refractivity contribution in [2.75, 3.05) is 0 Å². The minimum Gasteiger partial charge on any atom is -0.319 e. The van der Waals surface area contributed by atoms with E-state index in [4.69, 9.17) is 5.73 Å². The lowest BCUT2D eigenvalue weighted by molar-refractivity contribution is 0.429. The molecule has 2 N–H and O–H groups in total. The van der Waals surface area contributed by atoms with Gasteiger partial charge in [0, 0.05) is 6.20 Å². The van der Waals surface area contributed by atoms with Crippen LogP contribution in [0.1, 0.15) is 31.5 Å². The number of pyridine rings is 1. The number of halogens is 1. The minimum absolute atomic E-state index is 0.247. The molecular formula is C12H14FN3. The van der Waals surface area contributed by atoms with Gasteiger partial charge in [0.2, 0.25) is 0 Å². The lowest BCUT2D eigenvalue weighted by Crippen LogP contribution is -2.35. The third-order valence-electron chi connectivity index (χ3n) is 3.46. The van der Waals surface area contributed by atoms with Crippen molar-refractivity contribution < 1.29 is 4.39 Å². The average Bonchev–Trinajstić information content (AvgIpc) is 2.85. The summed E-state index contributed by atoms with van der Waals surface area (Å²) in [5, 5.41) is 0. The Bertz CT molecular complexity index is 526. The van der Waals surface area contributed by atoms with Gasteiger partial charge < -0.3 is 5.73 Å². The van der Waals surface area contributed by atoms with Crippen LogP contribution in [-0.4, -0.2) is 9.38 Å². The summed E-state index contributed by atoms with van der Waals surface area (Å²) in [6.45, 7) is 0. The first kappa shape index (κ1) is 9.78. The zero-order valence-corrected chi connectivity index (χ0v) is 8.99. The lowest BCUT2D eigenvalue weighted by Gasteiger charge is -2.21. The first-order chi connectivity index (χ1) is 7.71. The van der Waals surface area contributed by atoms with E-state index in [0.717, 1.165) is 31.5 Å². The van der Waals surface area contributed by atoms with Crippen molar-refractivity contribution in [3.8, 4) is 0 Å². The Balaban J connectivity index is 2.21. The van der Waals surface area contributed by atoms with Crippen LogP contribution in [0.15, 0.2) is 24.5 Å². The van der Waals surface area contributed by atoms with Crippen LogP contribution in [0.3, 0.4) is 0 Å². The normalized spacial score (nSPS) is 19.4. The average molecular weight is 219 g/mol. The minimum atomic E-state index is -0.375. The van der Waals surface area contributed by atoms with E-state index in [1.807, 2.05) is 6.20 Å². The Kier molecular flexibility index (Phi) is 2.01. The summed E-state index contributed by atoms with van der Waals surface area (Å²) in [6, 6.07) is 3.13. The fourth-order valence-electron chi connectivity index (χ4n) is 2.59. The monoisotopic (exact) mass is 219 g/mol. The fraction of sp³-hybridized carbons (Fsp3) is 0.417. The Morgan fingerprint density at radius 3 is 2.88 bits per heavy atom. The summed E-state index contributed by atoms with van der Waals surface area (Å²) in [6.07, 6.45) is 7.51. The van der Waals surface area contributed by atoms with Gasteiger partial charge in [-0.3, -0.25) is 4.40 Å². The van der Waals surface area contributed by atoms with Crippen molar-refractivity contribution in [1.29, 1.82) is 0 Å². The molecule has 2 aromatic rings. The van der Waals surface area contributed by atoms with Gasteiger partial charge in [0.25, 0.3) is 0 Å². The van der Waals surface area contributed by atoms with Crippen molar-refractivity contribution in [2.24, 2.45) is 5.73 Å². The molecule has 3 rings (SSSR count). The molecular weight excluding hydrogens is 205 g/mol. The molecule has 84 valence electrons. The number of hydrogen-bond acceptors (Lipinski definition) is 2. The second-order valence-corrected chi connectivity index (χ2v) is 4.56. The van der Waals surface area contributed by atoms with E-state index in [-0.39, 0.29) is 11.4 Å². The van der Waals surface area contributed by atoms with Gasteiger partial charge in [-0.1, -0.05) is 12.8 Å². The summed E-state index contributed by atoms with van der Waals surface area (Å²) >= 11 is 0. The highest BCUT2D eigenvalue weighted by Gasteiger charge is 2.35. The summed E-state index contributed by atoms with van der Waals surface area (Å²) < 4.78 is 15.3. The third kappa shape index (κ3) is 1.26. The Morgan fingerprint density at radius 1 is 1.38 bits per heavy atom. The van der Waals surface area contributed by atoms with E-state index in [9.17, 15) is 4.39 Å². The molecule has 1 aliphatic rings. The van der Waals surface area contributed by atoms with E-state index in [1.165, 1.54) is 6.07 Å². The number of nitrogens with zero attached hydrogens (tertiary/aromatic N) is 2. The maximum atomic E-state index is 13.5. The number of rotatable bonds is 1. The van der Waals surface area contributed by atoms with Gasteiger partial charge in [0.1, 0.15) is 17.2 Å². The van der Waals surface area contributed by atoms with E-state index in [2.05, 4.69) is 4.98 Å². The van der Waals surface area contributed by atoms with E-state index < -0.39 is 0 Å². The van der Waals surface area contributed by atoms with Crippen molar-refractivity contribution in [2.45, 2.75) is 31.2 Å². The van der Waals surface area contributed by atoms with Gasteiger partial charge in [-0.2, -0.15) is 0 Å². The standard InChI is InChI=1S/C12H14FN3/c13-9-4-3-7-16-10(9)8-15-11(16)12(14)5-1-2-6-12/h3-4,7-8H,1-2,5-6,14H2. The third-order valence-corrected chi connectivity index (χ3v) is 3.46. The predicted octanol–water partition coefficient (Wildman–Crippen LogP) is 2.20. The molecule has 1 aliphatic carbocycles. The second-order valence-electron chi connectivity index (χ2n) is 4.56. The topological polar surface area (TPSA) is 43.3 Å². The van der Waals surface area contributed by atoms with Crippen molar-refractivity contribution in [3.05, 3.63) is 36.2 Å². The second kappa shape index (κ2) is 3.28. The summed E-state index contributed by atoms with van der Waals surface area (Å²) in [5.41, 5.74) is 6.47. The van der Waals surface area contributed by atoms with Crippen LogP contribution < -0.4 is 5.73 Å². The highest BCUT2D eigenvalue weighted by atomic mass is 19.1. The van der Waals surface area contributed by atoms with Crippen LogP contribution in [0.5, 0.6) is 0 Å². The number of hydrogen-bond donors (Lipinski definition) is 1. The van der Waals surface area contributed by atoms with Crippen LogP contribution in [0, 0.1) is 5.82 Å². The van der Waals surface area contributed by atoms with Crippen molar-refractivity contribution >= 4 is 5.52 Å². The molecule has 4 heteroatoms. The zero-order valence-electron chi connectivity index (χ0n) is 8.99. The van der Waals surface area contributed by atoms with Gasteiger partial charge in [-0.05, 0) is 25.0 Å². The Morgan fingerprint density at radius 2 is 2.12 bits per heavy atom. The van der Waals surface area contributed by atoms with Gasteiger partial charge in [0.15, 0.2) is 0 Å². The Labute approximate surface area is 93.1 Å². The largest absolute Gasteiger partial charge is 0.319 e. The SMILES string of the molecule is NC1(c2ncc3c(F)cccn23)CCCC1. The van der Waals surface area contributed by atoms with Gasteiger partial charge in [0.05, 0.1) is 11.7 Å². The van der Waals surface area contributed by atoms with Gasteiger partial charge in [-0.25, -0.2) is 9.37 Å². The smallest absolute Gasteiger partial charge is 0.148 e. The number of aromatic nitrogens is 2. The fourth-order valence-corrected chi connectivity index (χ4v) is 2.59. The highest BCUT2D eigenvalue weighted by molar-refractivity contribution is 5.48. The van der Waals surface area contributed by atoms with Crippen molar-refractivity contribution in [3.63, 3.8) is 0 Å². The molecule has 1 saturated carbocycles. The van der Waals surface area contributed by atoms with Crippen LogP contribution in [-0.2, 0) is 5.54 Å². The molecule has 3 nitrogen and oxygen atoms in total. The zero-order chi connectivity index (χ0) is 11.2. The molecule has 2 heterocycles.